The van der Waals surface area contributed by atoms with Gasteiger partial charge in [-0.2, -0.15) is 0 Å². The number of esters is 1. The minimum Gasteiger partial charge on any atom is -0.464 e. The topological polar surface area (TPSA) is 65.2 Å². The van der Waals surface area contributed by atoms with Crippen LogP contribution in [0.2, 0.25) is 10.0 Å². The zero-order valence-corrected chi connectivity index (χ0v) is 11.8. The van der Waals surface area contributed by atoms with Crippen LogP contribution in [0.5, 0.6) is 0 Å². The van der Waals surface area contributed by atoms with Crippen molar-refractivity contribution < 1.29 is 13.9 Å². The van der Waals surface area contributed by atoms with Crippen molar-refractivity contribution in [2.24, 2.45) is 0 Å². The number of carbonyl (C=O) groups excluding carboxylic acids is 1. The van der Waals surface area contributed by atoms with E-state index < -0.39 is 11.8 Å². The van der Waals surface area contributed by atoms with E-state index in [1.807, 2.05) is 0 Å². The Morgan fingerprint density at radius 3 is 2.65 bits per heavy atom. The van der Waals surface area contributed by atoms with Crippen molar-refractivity contribution in [3.63, 3.8) is 0 Å². The number of nitrogen functional groups attached to an aromatic ring is 1. The van der Waals surface area contributed by atoms with Crippen LogP contribution in [0, 0.1) is 5.82 Å². The average Bonchev–Trinajstić information content (AvgIpc) is 2.41. The van der Waals surface area contributed by atoms with Gasteiger partial charge >= 0.3 is 5.97 Å². The summed E-state index contributed by atoms with van der Waals surface area (Å²) in [5.74, 6) is -1.20. The molecule has 0 saturated carbocycles. The smallest absolute Gasteiger partial charge is 0.358 e. The minimum absolute atomic E-state index is 0.00108. The number of nitrogens with two attached hydrogens (primary N) is 1. The summed E-state index contributed by atoms with van der Waals surface area (Å²) in [6.07, 6.45) is 0. The lowest BCUT2D eigenvalue weighted by atomic mass is 10.1. The average molecular weight is 315 g/mol. The lowest BCUT2D eigenvalue weighted by Crippen LogP contribution is -2.08. The van der Waals surface area contributed by atoms with E-state index in [0.717, 1.165) is 6.07 Å². The van der Waals surface area contributed by atoms with Crippen molar-refractivity contribution in [1.29, 1.82) is 0 Å². The van der Waals surface area contributed by atoms with Crippen molar-refractivity contribution >= 4 is 34.9 Å². The Balaban J connectivity index is 2.63. The molecular weight excluding hydrogens is 306 g/mol. The third-order valence-corrected chi connectivity index (χ3v) is 3.28. The molecule has 0 fully saturated rings. The van der Waals surface area contributed by atoms with Gasteiger partial charge in [0.1, 0.15) is 5.82 Å². The summed E-state index contributed by atoms with van der Waals surface area (Å²) in [5, 5.41) is 0.147. The van der Waals surface area contributed by atoms with Crippen LogP contribution in [0.25, 0.3) is 11.3 Å². The molecule has 2 rings (SSSR count). The Hall–Kier alpha value is -1.85. The van der Waals surface area contributed by atoms with Crippen molar-refractivity contribution in [2.75, 3.05) is 12.8 Å². The highest BCUT2D eigenvalue weighted by Crippen LogP contribution is 2.32. The number of methoxy groups -OCH3 is 1. The molecule has 4 nitrogen and oxygen atoms in total. The summed E-state index contributed by atoms with van der Waals surface area (Å²) in [4.78, 5) is 15.7. The summed E-state index contributed by atoms with van der Waals surface area (Å²) in [7, 11) is 1.20. The van der Waals surface area contributed by atoms with Crippen LogP contribution >= 0.6 is 23.2 Å². The molecule has 0 saturated heterocycles. The third-order valence-electron chi connectivity index (χ3n) is 2.57. The highest BCUT2D eigenvalue weighted by molar-refractivity contribution is 6.36. The Kier molecular flexibility index (Phi) is 4.11. The zero-order chi connectivity index (χ0) is 14.9. The molecule has 1 heterocycles. The van der Waals surface area contributed by atoms with Crippen LogP contribution < -0.4 is 5.73 Å². The van der Waals surface area contributed by atoms with E-state index >= 15 is 0 Å². The Morgan fingerprint density at radius 1 is 1.35 bits per heavy atom. The number of aromatic nitrogens is 1. The molecule has 20 heavy (non-hydrogen) atoms. The van der Waals surface area contributed by atoms with Gasteiger partial charge in [0.25, 0.3) is 0 Å². The Bertz CT molecular complexity index is 692. The molecule has 7 heteroatoms. The van der Waals surface area contributed by atoms with Gasteiger partial charge < -0.3 is 10.5 Å². The van der Waals surface area contributed by atoms with Crippen molar-refractivity contribution in [3.05, 3.63) is 45.8 Å². The number of ether oxygens (including phenoxy) is 1. The quantitative estimate of drug-likeness (QED) is 0.861. The molecule has 1 aromatic carbocycles. The van der Waals surface area contributed by atoms with Gasteiger partial charge in [-0.05, 0) is 24.3 Å². The van der Waals surface area contributed by atoms with E-state index in [4.69, 9.17) is 28.9 Å². The fourth-order valence-electron chi connectivity index (χ4n) is 1.62. The van der Waals surface area contributed by atoms with Gasteiger partial charge in [-0.25, -0.2) is 14.2 Å². The molecule has 1 aromatic heterocycles. The van der Waals surface area contributed by atoms with Crippen LogP contribution in [0.4, 0.5) is 10.1 Å². The molecule has 0 aliphatic heterocycles. The number of benzene rings is 1. The van der Waals surface area contributed by atoms with E-state index in [0.29, 0.717) is 11.3 Å². The molecule has 104 valence electrons. The minimum atomic E-state index is -0.721. The molecule has 2 N–H and O–H groups in total. The fourth-order valence-corrected chi connectivity index (χ4v) is 2.05. The summed E-state index contributed by atoms with van der Waals surface area (Å²) in [6, 6.07) is 5.26. The normalized spacial score (nSPS) is 10.4. The molecule has 0 bridgehead atoms. The second-order valence-corrected chi connectivity index (χ2v) is 4.66. The van der Waals surface area contributed by atoms with Crippen molar-refractivity contribution in [1.82, 2.24) is 4.98 Å². The second-order valence-electron chi connectivity index (χ2n) is 3.88. The molecule has 0 aliphatic rings. The van der Waals surface area contributed by atoms with Gasteiger partial charge in [0.15, 0.2) is 5.69 Å². The Labute approximate surface area is 124 Å². The molecule has 0 aliphatic carbocycles. The van der Waals surface area contributed by atoms with Crippen molar-refractivity contribution in [2.45, 2.75) is 0 Å². The van der Waals surface area contributed by atoms with E-state index in [-0.39, 0.29) is 21.4 Å². The highest BCUT2D eigenvalue weighted by atomic mass is 35.5. The van der Waals surface area contributed by atoms with Crippen LogP contribution in [0.15, 0.2) is 24.3 Å². The number of hydrogen-bond acceptors (Lipinski definition) is 4. The number of carbonyl (C=O) groups is 1. The van der Waals surface area contributed by atoms with Gasteiger partial charge in [0, 0.05) is 5.56 Å². The third kappa shape index (κ3) is 2.69. The van der Waals surface area contributed by atoms with Gasteiger partial charge in [-0.1, -0.05) is 23.2 Å². The van der Waals surface area contributed by atoms with E-state index in [1.165, 1.54) is 25.3 Å². The number of nitrogens with zero attached hydrogens (tertiary/aromatic N) is 1. The fraction of sp³-hybridized carbons (Fsp3) is 0.0769. The lowest BCUT2D eigenvalue weighted by molar-refractivity contribution is 0.0594. The number of halogens is 3. The summed E-state index contributed by atoms with van der Waals surface area (Å²) in [6.45, 7) is 0. The molecule has 0 spiro atoms. The predicted octanol–water partition coefficient (Wildman–Crippen LogP) is 3.56. The van der Waals surface area contributed by atoms with Gasteiger partial charge in [-0.3, -0.25) is 0 Å². The maximum atomic E-state index is 13.0. The van der Waals surface area contributed by atoms with Gasteiger partial charge in [0.05, 0.1) is 28.5 Å². The molecule has 0 atom stereocenters. The molecular formula is C13H9Cl2FN2O2. The highest BCUT2D eigenvalue weighted by Gasteiger charge is 2.18. The number of hydrogen-bond donors (Lipinski definition) is 1. The van der Waals surface area contributed by atoms with Crippen LogP contribution in [0.1, 0.15) is 10.5 Å². The lowest BCUT2D eigenvalue weighted by Gasteiger charge is -2.09. The molecule has 0 radical (unpaired) electrons. The maximum absolute atomic E-state index is 13.0. The largest absolute Gasteiger partial charge is 0.464 e. The van der Waals surface area contributed by atoms with Crippen LogP contribution in [-0.2, 0) is 4.74 Å². The SMILES string of the molecule is COC(=O)c1nc(-c2ccc(F)cc2Cl)cc(N)c1Cl. The van der Waals surface area contributed by atoms with Gasteiger partial charge in [-0.15, -0.1) is 0 Å². The first-order chi connectivity index (χ1) is 9.43. The van der Waals surface area contributed by atoms with E-state index in [1.54, 1.807) is 0 Å². The second kappa shape index (κ2) is 5.64. The van der Waals surface area contributed by atoms with Crippen molar-refractivity contribution in [3.8, 4) is 11.3 Å². The van der Waals surface area contributed by atoms with Crippen LogP contribution in [0.3, 0.4) is 0 Å². The van der Waals surface area contributed by atoms with Crippen LogP contribution in [-0.4, -0.2) is 18.1 Å². The number of rotatable bonds is 2. The first-order valence-electron chi connectivity index (χ1n) is 5.43. The number of pyridine rings is 1. The number of anilines is 1. The first-order valence-corrected chi connectivity index (χ1v) is 6.19. The molecule has 0 amide bonds. The maximum Gasteiger partial charge on any atom is 0.358 e. The predicted molar refractivity (Wildman–Crippen MR) is 75.4 cm³/mol. The van der Waals surface area contributed by atoms with E-state index in [9.17, 15) is 9.18 Å². The molecule has 0 unspecified atom stereocenters. The van der Waals surface area contributed by atoms with Gasteiger partial charge in [0.2, 0.25) is 0 Å². The van der Waals surface area contributed by atoms with E-state index in [2.05, 4.69) is 9.72 Å². The summed E-state index contributed by atoms with van der Waals surface area (Å²) >= 11 is 11.9. The summed E-state index contributed by atoms with van der Waals surface area (Å²) < 4.78 is 17.6. The molecule has 2 aromatic rings. The standard InChI is InChI=1S/C13H9Cl2FN2O2/c1-20-13(19)12-11(15)9(17)5-10(18-12)7-3-2-6(16)4-8(7)14/h2-5H,1H3,(H2,17,18). The summed E-state index contributed by atoms with van der Waals surface area (Å²) in [5.41, 5.74) is 6.50. The zero-order valence-electron chi connectivity index (χ0n) is 10.3. The Morgan fingerprint density at radius 2 is 2.05 bits per heavy atom. The first kappa shape index (κ1) is 14.6. The monoisotopic (exact) mass is 314 g/mol.